The van der Waals surface area contributed by atoms with Crippen LogP contribution in [-0.4, -0.2) is 15.8 Å². The van der Waals surface area contributed by atoms with Crippen molar-refractivity contribution in [2.75, 3.05) is 0 Å². The summed E-state index contributed by atoms with van der Waals surface area (Å²) in [4.78, 5) is 20.6. The quantitative estimate of drug-likeness (QED) is 0.482. The number of carbonyl (C=O) groups excluding carboxylic acids is 1. The molecule has 3 rings (SSSR count). The molecule has 0 saturated carbocycles. The summed E-state index contributed by atoms with van der Waals surface area (Å²) in [5.74, 6) is -1.60. The first-order chi connectivity index (χ1) is 12.8. The van der Waals surface area contributed by atoms with Gasteiger partial charge in [0.2, 0.25) is 0 Å². The number of alkyl halides is 3. The zero-order valence-corrected chi connectivity index (χ0v) is 14.0. The average Bonchev–Trinajstić information content (AvgIpc) is 2.66. The van der Waals surface area contributed by atoms with Gasteiger partial charge in [0, 0.05) is 24.4 Å². The molecule has 0 amide bonds. The Morgan fingerprint density at radius 1 is 0.889 bits per heavy atom. The van der Waals surface area contributed by atoms with Crippen molar-refractivity contribution < 1.29 is 22.4 Å². The molecule has 0 N–H and O–H groups in total. The number of hydrogen-bond acceptors (Lipinski definition) is 3. The summed E-state index contributed by atoms with van der Waals surface area (Å²) in [6.07, 6.45) is -1.05. The second-order valence-electron chi connectivity index (χ2n) is 5.90. The highest BCUT2D eigenvalue weighted by Gasteiger charge is 2.34. The Morgan fingerprint density at radius 3 is 2.19 bits per heavy atom. The van der Waals surface area contributed by atoms with Crippen molar-refractivity contribution in [3.63, 3.8) is 0 Å². The van der Waals surface area contributed by atoms with Gasteiger partial charge in [-0.05, 0) is 30.2 Å². The van der Waals surface area contributed by atoms with Crippen LogP contribution >= 0.6 is 0 Å². The topological polar surface area (TPSA) is 42.9 Å². The third-order valence-corrected chi connectivity index (χ3v) is 3.98. The van der Waals surface area contributed by atoms with Crippen LogP contribution in [0.4, 0.5) is 17.6 Å². The molecule has 0 bridgehead atoms. The normalized spacial score (nSPS) is 11.4. The molecule has 0 aliphatic heterocycles. The maximum Gasteiger partial charge on any atom is 0.419 e. The van der Waals surface area contributed by atoms with E-state index >= 15 is 0 Å². The Kier molecular flexibility index (Phi) is 5.30. The highest BCUT2D eigenvalue weighted by atomic mass is 19.4. The van der Waals surface area contributed by atoms with Crippen molar-refractivity contribution in [2.45, 2.75) is 19.0 Å². The monoisotopic (exact) mass is 374 g/mol. The third kappa shape index (κ3) is 4.55. The first-order valence-corrected chi connectivity index (χ1v) is 8.11. The number of aromatic nitrogens is 2. The fraction of sp³-hybridized carbons (Fsp3) is 0.150. The highest BCUT2D eigenvalue weighted by molar-refractivity contribution is 6.08. The molecular weight excluding hydrogens is 360 g/mol. The van der Waals surface area contributed by atoms with Crippen LogP contribution in [0.2, 0.25) is 0 Å². The van der Waals surface area contributed by atoms with Gasteiger partial charge in [0.25, 0.3) is 0 Å². The predicted octanol–water partition coefficient (Wildman–Crippen LogP) is 4.65. The molecule has 3 aromatic rings. The summed E-state index contributed by atoms with van der Waals surface area (Å²) in [5, 5.41) is 0. The largest absolute Gasteiger partial charge is 0.419 e. The number of nitrogens with zero attached hydrogens (tertiary/aromatic N) is 2. The lowest BCUT2D eigenvalue weighted by molar-refractivity contribution is -0.140. The van der Waals surface area contributed by atoms with Crippen molar-refractivity contribution in [2.24, 2.45) is 0 Å². The molecule has 0 spiro atoms. The van der Waals surface area contributed by atoms with Gasteiger partial charge in [-0.2, -0.15) is 13.2 Å². The van der Waals surface area contributed by atoms with Crippen molar-refractivity contribution in [3.8, 4) is 0 Å². The zero-order chi connectivity index (χ0) is 19.4. The van der Waals surface area contributed by atoms with Crippen LogP contribution in [0.1, 0.15) is 32.9 Å². The van der Waals surface area contributed by atoms with Crippen molar-refractivity contribution in [1.82, 2.24) is 9.97 Å². The molecule has 0 aliphatic carbocycles. The van der Waals surface area contributed by atoms with Crippen molar-refractivity contribution in [3.05, 3.63) is 94.8 Å². The van der Waals surface area contributed by atoms with E-state index in [1.165, 1.54) is 12.4 Å². The van der Waals surface area contributed by atoms with Gasteiger partial charge in [-0.15, -0.1) is 0 Å². The summed E-state index contributed by atoms with van der Waals surface area (Å²) in [5.41, 5.74) is -0.594. The number of aryl methyl sites for hydroxylation is 2. The standard InChI is InChI=1S/C20H14F4N2O/c21-17-8-7-14(10-16(17)20(22,23)24)19(27)15-11-25-18(26-12-15)9-6-13-4-2-1-3-5-13/h1-5,7-8,10-12H,6,9H2. The number of hydrogen-bond donors (Lipinski definition) is 0. The van der Waals surface area contributed by atoms with Crippen LogP contribution < -0.4 is 0 Å². The van der Waals surface area contributed by atoms with Gasteiger partial charge >= 0.3 is 6.18 Å². The Balaban J connectivity index is 1.74. The molecule has 0 aliphatic rings. The smallest absolute Gasteiger partial charge is 0.288 e. The maximum atomic E-state index is 13.4. The molecule has 1 aromatic heterocycles. The van der Waals surface area contributed by atoms with E-state index in [0.717, 1.165) is 18.1 Å². The second kappa shape index (κ2) is 7.65. The number of carbonyl (C=O) groups is 1. The molecule has 138 valence electrons. The molecule has 1 heterocycles. The van der Waals surface area contributed by atoms with E-state index in [-0.39, 0.29) is 11.1 Å². The van der Waals surface area contributed by atoms with Gasteiger partial charge in [-0.1, -0.05) is 30.3 Å². The first-order valence-electron chi connectivity index (χ1n) is 8.11. The highest BCUT2D eigenvalue weighted by Crippen LogP contribution is 2.32. The van der Waals surface area contributed by atoms with E-state index in [1.807, 2.05) is 30.3 Å². The second-order valence-corrected chi connectivity index (χ2v) is 5.90. The Bertz CT molecular complexity index is 938. The number of benzene rings is 2. The van der Waals surface area contributed by atoms with Gasteiger partial charge in [0.15, 0.2) is 5.78 Å². The summed E-state index contributed by atoms with van der Waals surface area (Å²) in [7, 11) is 0. The third-order valence-electron chi connectivity index (χ3n) is 3.98. The number of rotatable bonds is 5. The zero-order valence-electron chi connectivity index (χ0n) is 14.0. The Hall–Kier alpha value is -3.09. The number of halogens is 4. The molecule has 3 nitrogen and oxygen atoms in total. The van der Waals surface area contributed by atoms with Crippen molar-refractivity contribution in [1.29, 1.82) is 0 Å². The molecule has 0 atom stereocenters. The lowest BCUT2D eigenvalue weighted by atomic mass is 10.0. The van der Waals surface area contributed by atoms with E-state index < -0.39 is 23.3 Å². The van der Waals surface area contributed by atoms with Crippen LogP contribution in [0.25, 0.3) is 0 Å². The molecule has 0 fully saturated rings. The molecular formula is C20H14F4N2O. The Labute approximate surface area is 152 Å². The summed E-state index contributed by atoms with van der Waals surface area (Å²) >= 11 is 0. The van der Waals surface area contributed by atoms with Crippen LogP contribution in [0.3, 0.4) is 0 Å². The maximum absolute atomic E-state index is 13.4. The lowest BCUT2D eigenvalue weighted by Gasteiger charge is -2.09. The van der Waals surface area contributed by atoms with E-state index in [2.05, 4.69) is 9.97 Å². The summed E-state index contributed by atoms with van der Waals surface area (Å²) in [6, 6.07) is 11.9. The molecule has 2 aromatic carbocycles. The SMILES string of the molecule is O=C(c1cnc(CCc2ccccc2)nc1)c1ccc(F)c(C(F)(F)F)c1. The van der Waals surface area contributed by atoms with Crippen molar-refractivity contribution >= 4 is 5.78 Å². The molecule has 27 heavy (non-hydrogen) atoms. The van der Waals surface area contributed by atoms with Crippen LogP contribution in [-0.2, 0) is 19.0 Å². The van der Waals surface area contributed by atoms with Gasteiger partial charge in [0.05, 0.1) is 11.1 Å². The van der Waals surface area contributed by atoms with Crippen LogP contribution in [0, 0.1) is 5.82 Å². The average molecular weight is 374 g/mol. The van der Waals surface area contributed by atoms with Crippen LogP contribution in [0.5, 0.6) is 0 Å². The first kappa shape index (κ1) is 18.7. The minimum atomic E-state index is -4.88. The predicted molar refractivity (Wildman–Crippen MR) is 90.7 cm³/mol. The van der Waals surface area contributed by atoms with Gasteiger partial charge in [-0.25, -0.2) is 14.4 Å². The fourth-order valence-corrected chi connectivity index (χ4v) is 2.55. The van der Waals surface area contributed by atoms with Gasteiger partial charge in [-0.3, -0.25) is 4.79 Å². The number of ketones is 1. The summed E-state index contributed by atoms with van der Waals surface area (Å²) < 4.78 is 51.7. The molecule has 0 unspecified atom stereocenters. The van der Waals surface area contributed by atoms with Gasteiger partial charge < -0.3 is 0 Å². The molecule has 7 heteroatoms. The van der Waals surface area contributed by atoms with E-state index in [4.69, 9.17) is 0 Å². The van der Waals surface area contributed by atoms with E-state index in [1.54, 1.807) is 0 Å². The fourth-order valence-electron chi connectivity index (χ4n) is 2.55. The lowest BCUT2D eigenvalue weighted by Crippen LogP contribution is -2.11. The summed E-state index contributed by atoms with van der Waals surface area (Å²) in [6.45, 7) is 0. The minimum Gasteiger partial charge on any atom is -0.288 e. The van der Waals surface area contributed by atoms with E-state index in [0.29, 0.717) is 24.4 Å². The molecule has 0 radical (unpaired) electrons. The van der Waals surface area contributed by atoms with E-state index in [9.17, 15) is 22.4 Å². The molecule has 0 saturated heterocycles. The van der Waals surface area contributed by atoms with Gasteiger partial charge in [0.1, 0.15) is 11.6 Å². The Morgan fingerprint density at radius 2 is 1.56 bits per heavy atom. The minimum absolute atomic E-state index is 0.0400. The van der Waals surface area contributed by atoms with Crippen LogP contribution in [0.15, 0.2) is 60.9 Å².